The predicted octanol–water partition coefficient (Wildman–Crippen LogP) is 3.22. The van der Waals surface area contributed by atoms with Gasteiger partial charge in [0, 0.05) is 10.1 Å². The Bertz CT molecular complexity index is 507. The lowest BCUT2D eigenvalue weighted by molar-refractivity contribution is 0.655. The van der Waals surface area contributed by atoms with Crippen LogP contribution in [-0.2, 0) is 0 Å². The molecule has 0 bridgehead atoms. The summed E-state index contributed by atoms with van der Waals surface area (Å²) in [6.45, 7) is 1.88. The molecule has 0 aliphatic carbocycles. The summed E-state index contributed by atoms with van der Waals surface area (Å²) in [7, 11) is 0. The molecule has 1 aromatic carbocycles. The molecule has 0 radical (unpaired) electrons. The number of nitrogens with zero attached hydrogens (tertiary/aromatic N) is 1. The first-order chi connectivity index (χ1) is 6.24. The van der Waals surface area contributed by atoms with Crippen LogP contribution >= 0.6 is 11.3 Å². The second kappa shape index (κ2) is 2.82. The maximum Gasteiger partial charge on any atom is 0.195 e. The highest BCUT2D eigenvalue weighted by molar-refractivity contribution is 7.17. The summed E-state index contributed by atoms with van der Waals surface area (Å²) in [5, 5.41) is 9.12. The van der Waals surface area contributed by atoms with Gasteiger partial charge in [0.15, 0.2) is 5.13 Å². The highest BCUT2D eigenvalue weighted by Crippen LogP contribution is 2.31. The van der Waals surface area contributed by atoms with Crippen LogP contribution in [0.4, 0.5) is 4.39 Å². The number of thiophene rings is 1. The highest BCUT2D eigenvalue weighted by atomic mass is 32.1. The van der Waals surface area contributed by atoms with Crippen molar-refractivity contribution in [2.24, 2.45) is 0 Å². The fraction of sp³-hybridized carbons (Fsp3) is 0.100. The van der Waals surface area contributed by atoms with Gasteiger partial charge in [0.2, 0.25) is 0 Å². The van der Waals surface area contributed by atoms with E-state index in [4.69, 9.17) is 5.26 Å². The summed E-state index contributed by atoms with van der Waals surface area (Å²) >= 11 is 1.03. The summed E-state index contributed by atoms with van der Waals surface area (Å²) in [5.74, 6) is 0. The normalized spacial score (nSPS) is 10.2. The van der Waals surface area contributed by atoms with E-state index >= 15 is 0 Å². The van der Waals surface area contributed by atoms with E-state index in [1.54, 1.807) is 0 Å². The summed E-state index contributed by atoms with van der Waals surface area (Å²) in [6.07, 6.45) is 0. The zero-order chi connectivity index (χ0) is 9.42. The number of rotatable bonds is 0. The third kappa shape index (κ3) is 1.11. The molecular weight excluding hydrogens is 185 g/mol. The zero-order valence-electron chi connectivity index (χ0n) is 6.97. The molecule has 0 atom stereocenters. The molecule has 0 spiro atoms. The monoisotopic (exact) mass is 191 g/mol. The molecule has 0 fully saturated rings. The van der Waals surface area contributed by atoms with E-state index in [0.29, 0.717) is 0 Å². The predicted molar refractivity (Wildman–Crippen MR) is 51.2 cm³/mol. The standard InChI is InChI=1S/C10H6FNS/c1-6-3-2-4-8-9(6)7(5-12)10(11)13-8/h2-4H,1H3. The molecular formula is C10H6FNS. The van der Waals surface area contributed by atoms with E-state index in [9.17, 15) is 4.39 Å². The van der Waals surface area contributed by atoms with E-state index < -0.39 is 0 Å². The van der Waals surface area contributed by atoms with Crippen LogP contribution in [0, 0.1) is 23.4 Å². The van der Waals surface area contributed by atoms with Crippen LogP contribution in [0.25, 0.3) is 10.1 Å². The van der Waals surface area contributed by atoms with Crippen LogP contribution in [0.5, 0.6) is 0 Å². The third-order valence-electron chi connectivity index (χ3n) is 1.99. The molecule has 2 rings (SSSR count). The molecule has 3 heteroatoms. The largest absolute Gasteiger partial charge is 0.195 e. The topological polar surface area (TPSA) is 23.8 Å². The van der Waals surface area contributed by atoms with Gasteiger partial charge in [-0.15, -0.1) is 11.3 Å². The molecule has 0 aliphatic rings. The van der Waals surface area contributed by atoms with Crippen molar-refractivity contribution in [2.75, 3.05) is 0 Å². The maximum absolute atomic E-state index is 13.2. The smallest absolute Gasteiger partial charge is 0.194 e. The summed E-state index contributed by atoms with van der Waals surface area (Å²) in [4.78, 5) is 0. The second-order valence-electron chi connectivity index (χ2n) is 2.81. The van der Waals surface area contributed by atoms with Crippen LogP contribution < -0.4 is 0 Å². The van der Waals surface area contributed by atoms with Gasteiger partial charge >= 0.3 is 0 Å². The zero-order valence-corrected chi connectivity index (χ0v) is 7.78. The van der Waals surface area contributed by atoms with E-state index in [0.717, 1.165) is 27.0 Å². The minimum Gasteiger partial charge on any atom is -0.194 e. The lowest BCUT2D eigenvalue weighted by Gasteiger charge is -1.93. The van der Waals surface area contributed by atoms with Gasteiger partial charge < -0.3 is 0 Å². The number of fused-ring (bicyclic) bond motifs is 1. The van der Waals surface area contributed by atoms with Crippen molar-refractivity contribution in [1.29, 1.82) is 5.26 Å². The Hall–Kier alpha value is -1.40. The van der Waals surface area contributed by atoms with Crippen LogP contribution in [0.3, 0.4) is 0 Å². The van der Waals surface area contributed by atoms with Crippen molar-refractivity contribution < 1.29 is 4.39 Å². The molecule has 0 unspecified atom stereocenters. The molecule has 2 aromatic rings. The Balaban J connectivity index is 2.99. The van der Waals surface area contributed by atoms with E-state index in [-0.39, 0.29) is 10.7 Å². The Morgan fingerprint density at radius 3 is 2.92 bits per heavy atom. The van der Waals surface area contributed by atoms with Gasteiger partial charge in [0.05, 0.1) is 0 Å². The molecule has 0 aliphatic heterocycles. The molecule has 0 saturated carbocycles. The molecule has 0 N–H and O–H groups in total. The minimum absolute atomic E-state index is 0.179. The van der Waals surface area contributed by atoms with E-state index in [1.807, 2.05) is 31.2 Å². The van der Waals surface area contributed by atoms with Crippen molar-refractivity contribution in [3.63, 3.8) is 0 Å². The molecule has 1 heterocycles. The Kier molecular flexibility index (Phi) is 1.78. The average Bonchev–Trinajstić information content (AvgIpc) is 2.42. The van der Waals surface area contributed by atoms with Crippen LogP contribution in [0.15, 0.2) is 18.2 Å². The number of benzene rings is 1. The maximum atomic E-state index is 13.2. The Labute approximate surface area is 79.0 Å². The van der Waals surface area contributed by atoms with Crippen molar-refractivity contribution in [2.45, 2.75) is 6.92 Å². The number of nitriles is 1. The first kappa shape index (κ1) is 8.21. The van der Waals surface area contributed by atoms with Gasteiger partial charge in [-0.2, -0.15) is 9.65 Å². The van der Waals surface area contributed by atoms with E-state index in [1.165, 1.54) is 0 Å². The number of hydrogen-bond donors (Lipinski definition) is 0. The van der Waals surface area contributed by atoms with E-state index in [2.05, 4.69) is 0 Å². The molecule has 0 amide bonds. The average molecular weight is 191 g/mol. The third-order valence-corrected chi connectivity index (χ3v) is 2.94. The lowest BCUT2D eigenvalue weighted by atomic mass is 10.1. The molecule has 1 aromatic heterocycles. The van der Waals surface area contributed by atoms with Crippen LogP contribution in [-0.4, -0.2) is 0 Å². The second-order valence-corrected chi connectivity index (χ2v) is 3.81. The fourth-order valence-electron chi connectivity index (χ4n) is 1.39. The van der Waals surface area contributed by atoms with Crippen LogP contribution in [0.1, 0.15) is 11.1 Å². The van der Waals surface area contributed by atoms with Gasteiger partial charge in [0.25, 0.3) is 0 Å². The van der Waals surface area contributed by atoms with Gasteiger partial charge in [-0.3, -0.25) is 0 Å². The van der Waals surface area contributed by atoms with Gasteiger partial charge in [0.1, 0.15) is 11.6 Å². The number of hydrogen-bond acceptors (Lipinski definition) is 2. The van der Waals surface area contributed by atoms with Gasteiger partial charge in [-0.25, -0.2) is 0 Å². The Morgan fingerprint density at radius 1 is 1.46 bits per heavy atom. The van der Waals surface area contributed by atoms with Crippen molar-refractivity contribution in [3.05, 3.63) is 34.5 Å². The highest BCUT2D eigenvalue weighted by Gasteiger charge is 2.12. The van der Waals surface area contributed by atoms with Crippen molar-refractivity contribution in [1.82, 2.24) is 0 Å². The lowest BCUT2D eigenvalue weighted by Crippen LogP contribution is -1.78. The summed E-state index contributed by atoms with van der Waals surface area (Å²) in [5.41, 5.74) is 1.13. The quantitative estimate of drug-likeness (QED) is 0.627. The van der Waals surface area contributed by atoms with Crippen LogP contribution in [0.2, 0.25) is 0 Å². The molecule has 64 valence electrons. The van der Waals surface area contributed by atoms with Crippen molar-refractivity contribution in [3.8, 4) is 6.07 Å². The summed E-state index contributed by atoms with van der Waals surface area (Å²) in [6, 6.07) is 7.48. The first-order valence-electron chi connectivity index (χ1n) is 3.81. The summed E-state index contributed by atoms with van der Waals surface area (Å²) < 4.78 is 14.0. The number of aryl methyl sites for hydroxylation is 1. The fourth-order valence-corrected chi connectivity index (χ4v) is 2.35. The first-order valence-corrected chi connectivity index (χ1v) is 4.63. The number of halogens is 1. The molecule has 1 nitrogen and oxygen atoms in total. The molecule has 13 heavy (non-hydrogen) atoms. The SMILES string of the molecule is Cc1cccc2sc(F)c(C#N)c12. The minimum atomic E-state index is -0.383. The van der Waals surface area contributed by atoms with Gasteiger partial charge in [-0.05, 0) is 18.6 Å². The van der Waals surface area contributed by atoms with Gasteiger partial charge in [-0.1, -0.05) is 12.1 Å². The molecule has 0 saturated heterocycles. The Morgan fingerprint density at radius 2 is 2.23 bits per heavy atom. The van der Waals surface area contributed by atoms with Crippen molar-refractivity contribution >= 4 is 21.4 Å².